The summed E-state index contributed by atoms with van der Waals surface area (Å²) in [6, 6.07) is 14.2. The second-order valence-electron chi connectivity index (χ2n) is 4.84. The first kappa shape index (κ1) is 14.5. The molecule has 0 spiro atoms. The summed E-state index contributed by atoms with van der Waals surface area (Å²) >= 11 is -3.48. The molecule has 0 bridgehead atoms. The molecule has 0 heterocycles. The van der Waals surface area contributed by atoms with Crippen molar-refractivity contribution in [1.29, 1.82) is 0 Å². The van der Waals surface area contributed by atoms with Crippen molar-refractivity contribution in [3.8, 4) is 5.75 Å². The van der Waals surface area contributed by atoms with E-state index >= 15 is 0 Å². The van der Waals surface area contributed by atoms with Gasteiger partial charge in [-0.3, -0.25) is 0 Å². The molecule has 2 aromatic carbocycles. The number of benzene rings is 2. The maximum atomic E-state index is 6.32. The van der Waals surface area contributed by atoms with Crippen LogP contribution in [0.1, 0.15) is 6.42 Å². The summed E-state index contributed by atoms with van der Waals surface area (Å²) < 4.78 is 18.9. The van der Waals surface area contributed by atoms with Gasteiger partial charge in [-0.05, 0) is 0 Å². The molecule has 1 aliphatic carbocycles. The van der Waals surface area contributed by atoms with E-state index in [9.17, 15) is 0 Å². The van der Waals surface area contributed by atoms with Gasteiger partial charge in [-0.1, -0.05) is 0 Å². The average Bonchev–Trinajstić information content (AvgIpc) is 3.08. The molecule has 4 heteroatoms. The Morgan fingerprint density at radius 1 is 0.952 bits per heavy atom. The van der Waals surface area contributed by atoms with Gasteiger partial charge >= 0.3 is 129 Å². The van der Waals surface area contributed by atoms with E-state index in [0.717, 1.165) is 26.8 Å². The fourth-order valence-corrected chi connectivity index (χ4v) is 5.82. The van der Waals surface area contributed by atoms with Crippen molar-refractivity contribution in [2.75, 3.05) is 14.2 Å². The number of allylic oxidation sites excluding steroid dienone is 4. The van der Waals surface area contributed by atoms with Crippen LogP contribution in [-0.2, 0) is 24.4 Å². The molecular weight excluding hydrogens is 300 g/mol. The molecule has 0 unspecified atom stereocenters. The van der Waals surface area contributed by atoms with Crippen molar-refractivity contribution in [2.24, 2.45) is 0 Å². The molecule has 0 saturated carbocycles. The van der Waals surface area contributed by atoms with Gasteiger partial charge in [0, 0.05) is 0 Å². The average molecular weight is 318 g/mol. The second-order valence-corrected chi connectivity index (χ2v) is 9.07. The molecule has 0 aliphatic heterocycles. The molecule has 0 aromatic heterocycles. The predicted octanol–water partition coefficient (Wildman–Crippen LogP) is 4.25. The van der Waals surface area contributed by atoms with Gasteiger partial charge in [0.2, 0.25) is 0 Å². The van der Waals surface area contributed by atoms with E-state index in [1.807, 2.05) is 24.3 Å². The third-order valence-electron chi connectivity index (χ3n) is 3.66. The summed E-state index contributed by atoms with van der Waals surface area (Å²) in [4.78, 5) is 0. The minimum atomic E-state index is -3.48. The maximum absolute atomic E-state index is 6.32. The van der Waals surface area contributed by atoms with Crippen molar-refractivity contribution < 1.29 is 27.7 Å². The fraction of sp³-hybridized carbons (Fsp3) is 0.176. The third kappa shape index (κ3) is 2.70. The first-order chi connectivity index (χ1) is 10.3. The normalized spacial score (nSPS) is 14.5. The zero-order chi connectivity index (χ0) is 14.7. The zero-order valence-corrected chi connectivity index (χ0v) is 13.8. The standard InChI is InChI=1S/C10H8O.C5H5.2CH3O.Ti/c11-10-7-3-5-8-4-1-2-6-9(8)10;1-2-4-5-3-1;2*1-2;/h1-7,11H;1-2,5H,3H2;2*1H3;/q;;2*-1;+3/p-1. The summed E-state index contributed by atoms with van der Waals surface area (Å²) in [6.07, 6.45) is 7.18. The van der Waals surface area contributed by atoms with Crippen LogP contribution in [0.2, 0.25) is 0 Å². The van der Waals surface area contributed by atoms with Crippen LogP contribution in [0, 0.1) is 0 Å². The van der Waals surface area contributed by atoms with Gasteiger partial charge in [-0.2, -0.15) is 0 Å². The van der Waals surface area contributed by atoms with Gasteiger partial charge in [-0.25, -0.2) is 0 Å². The van der Waals surface area contributed by atoms with Crippen LogP contribution in [0.15, 0.2) is 64.6 Å². The van der Waals surface area contributed by atoms with E-state index in [4.69, 9.17) is 9.96 Å². The van der Waals surface area contributed by atoms with Crippen LogP contribution in [0.5, 0.6) is 5.75 Å². The Morgan fingerprint density at radius 3 is 2.43 bits per heavy atom. The minimum absolute atomic E-state index is 0.818. The topological polar surface area (TPSA) is 27.7 Å². The number of hydrogen-bond donors (Lipinski definition) is 0. The van der Waals surface area contributed by atoms with Gasteiger partial charge in [0.25, 0.3) is 0 Å². The van der Waals surface area contributed by atoms with Crippen LogP contribution in [0.25, 0.3) is 10.8 Å². The van der Waals surface area contributed by atoms with Crippen molar-refractivity contribution in [3.63, 3.8) is 0 Å². The molecular formula is C17H18O3Ti. The number of hydrogen-bond acceptors (Lipinski definition) is 3. The van der Waals surface area contributed by atoms with Gasteiger partial charge < -0.3 is 0 Å². The second kappa shape index (κ2) is 6.16. The van der Waals surface area contributed by atoms with Crippen LogP contribution < -0.4 is 3.32 Å². The Labute approximate surface area is 129 Å². The van der Waals surface area contributed by atoms with E-state index in [-0.39, 0.29) is 0 Å². The van der Waals surface area contributed by atoms with Gasteiger partial charge in [0.1, 0.15) is 0 Å². The SMILES string of the molecule is C[O][Ti]([O]C)([O]c1cccc2ccccc12)[C]1=CCC=C1. The van der Waals surface area contributed by atoms with E-state index in [0.29, 0.717) is 0 Å². The van der Waals surface area contributed by atoms with E-state index in [1.165, 1.54) is 0 Å². The summed E-state index contributed by atoms with van der Waals surface area (Å²) in [5.41, 5.74) is 0. The molecule has 0 fully saturated rings. The molecule has 21 heavy (non-hydrogen) atoms. The van der Waals surface area contributed by atoms with Crippen LogP contribution in [-0.4, -0.2) is 14.2 Å². The molecule has 0 atom stereocenters. The quantitative estimate of drug-likeness (QED) is 0.771. The first-order valence-electron chi connectivity index (χ1n) is 6.93. The molecule has 3 nitrogen and oxygen atoms in total. The molecule has 108 valence electrons. The van der Waals surface area contributed by atoms with Crippen molar-refractivity contribution in [3.05, 3.63) is 64.6 Å². The zero-order valence-electron chi connectivity index (χ0n) is 12.2. The molecule has 0 radical (unpaired) electrons. The Bertz CT molecular complexity index is 697. The van der Waals surface area contributed by atoms with Gasteiger partial charge in [-0.15, -0.1) is 0 Å². The van der Waals surface area contributed by atoms with Crippen molar-refractivity contribution >= 4 is 10.8 Å². The summed E-state index contributed by atoms with van der Waals surface area (Å²) in [5.74, 6) is 0.818. The Morgan fingerprint density at radius 2 is 1.71 bits per heavy atom. The van der Waals surface area contributed by atoms with E-state index in [1.54, 1.807) is 14.2 Å². The van der Waals surface area contributed by atoms with Crippen LogP contribution in [0.3, 0.4) is 0 Å². The van der Waals surface area contributed by atoms with Gasteiger partial charge in [0.15, 0.2) is 0 Å². The van der Waals surface area contributed by atoms with E-state index < -0.39 is 17.8 Å². The molecule has 0 N–H and O–H groups in total. The molecule has 2 aromatic rings. The van der Waals surface area contributed by atoms with Crippen molar-refractivity contribution in [1.82, 2.24) is 0 Å². The van der Waals surface area contributed by atoms with Crippen LogP contribution >= 0.6 is 0 Å². The Hall–Kier alpha value is -1.39. The summed E-state index contributed by atoms with van der Waals surface area (Å²) in [7, 11) is 3.34. The molecule has 1 aliphatic rings. The van der Waals surface area contributed by atoms with Crippen LogP contribution in [0.4, 0.5) is 0 Å². The number of fused-ring (bicyclic) bond motifs is 1. The van der Waals surface area contributed by atoms with E-state index in [2.05, 4.69) is 36.4 Å². The molecule has 0 saturated heterocycles. The van der Waals surface area contributed by atoms with Gasteiger partial charge in [0.05, 0.1) is 0 Å². The molecule has 0 amide bonds. The van der Waals surface area contributed by atoms with Crippen molar-refractivity contribution in [2.45, 2.75) is 6.42 Å². The predicted molar refractivity (Wildman–Crippen MR) is 80.4 cm³/mol. The first-order valence-corrected chi connectivity index (χ1v) is 9.62. The monoisotopic (exact) mass is 318 g/mol. The third-order valence-corrected chi connectivity index (χ3v) is 7.78. The Balaban J connectivity index is 2.04. The Kier molecular flexibility index (Phi) is 4.27. The summed E-state index contributed by atoms with van der Waals surface area (Å²) in [5, 5.41) is 2.22. The fourth-order valence-electron chi connectivity index (χ4n) is 2.58. The summed E-state index contributed by atoms with van der Waals surface area (Å²) in [6.45, 7) is 0. The molecule has 3 rings (SSSR count). The number of rotatable bonds is 5.